The first-order valence-corrected chi connectivity index (χ1v) is 7.74. The lowest BCUT2D eigenvalue weighted by molar-refractivity contribution is 0.186. The van der Waals surface area contributed by atoms with Gasteiger partial charge in [0.1, 0.15) is 0 Å². The van der Waals surface area contributed by atoms with E-state index in [2.05, 4.69) is 35.2 Å². The minimum absolute atomic E-state index is 0. The molecule has 0 atom stereocenters. The minimum atomic E-state index is 0. The largest absolute Gasteiger partial charge is 0.302 e. The molecule has 0 N–H and O–H groups in total. The Hall–Kier alpha value is -0.240. The molecule has 1 nitrogen and oxygen atoms in total. The maximum atomic E-state index is 5.78. The molecule has 0 radical (unpaired) electrons. The fourth-order valence-electron chi connectivity index (χ4n) is 2.86. The van der Waals surface area contributed by atoms with Crippen molar-refractivity contribution >= 4 is 24.0 Å². The second-order valence-electron chi connectivity index (χ2n) is 5.35. The van der Waals surface area contributed by atoms with Crippen LogP contribution in [-0.4, -0.2) is 30.4 Å². The zero-order valence-electron chi connectivity index (χ0n) is 11.6. The lowest BCUT2D eigenvalue weighted by atomic mass is 9.91. The molecule has 1 fully saturated rings. The number of hydrogen-bond acceptors (Lipinski definition) is 1. The van der Waals surface area contributed by atoms with Gasteiger partial charge < -0.3 is 4.90 Å². The van der Waals surface area contributed by atoms with Crippen molar-refractivity contribution in [3.63, 3.8) is 0 Å². The van der Waals surface area contributed by atoms with Crippen molar-refractivity contribution in [3.8, 4) is 0 Å². The zero-order chi connectivity index (χ0) is 12.6. The van der Waals surface area contributed by atoms with Crippen molar-refractivity contribution in [1.29, 1.82) is 0 Å². The van der Waals surface area contributed by atoms with Gasteiger partial charge in [-0.25, -0.2) is 0 Å². The Balaban J connectivity index is 0.00000180. The summed E-state index contributed by atoms with van der Waals surface area (Å²) < 4.78 is 0. The molecule has 3 heteroatoms. The van der Waals surface area contributed by atoms with Gasteiger partial charge in [0, 0.05) is 12.4 Å². The number of rotatable bonds is 6. The van der Waals surface area contributed by atoms with E-state index in [1.54, 1.807) is 0 Å². The standard InChI is InChI=1S/C16H24ClN.ClH/c17-11-14-18-12-9-16(10-13-18)8-4-7-15-5-2-1-3-6-15;/h1-3,5-6,16H,4,7-14H2;1H. The molecular weight excluding hydrogens is 277 g/mol. The van der Waals surface area contributed by atoms with Crippen LogP contribution < -0.4 is 0 Å². The molecule has 1 heterocycles. The molecular formula is C16H25Cl2N. The van der Waals surface area contributed by atoms with Gasteiger partial charge in [-0.15, -0.1) is 24.0 Å². The first-order valence-electron chi connectivity index (χ1n) is 7.20. The van der Waals surface area contributed by atoms with Crippen LogP contribution in [0.25, 0.3) is 0 Å². The number of likely N-dealkylation sites (tertiary alicyclic amines) is 1. The number of piperidine rings is 1. The van der Waals surface area contributed by atoms with Gasteiger partial charge in [0.2, 0.25) is 0 Å². The monoisotopic (exact) mass is 301 g/mol. The molecule has 0 unspecified atom stereocenters. The Labute approximate surface area is 128 Å². The summed E-state index contributed by atoms with van der Waals surface area (Å²) >= 11 is 5.78. The van der Waals surface area contributed by atoms with Gasteiger partial charge in [0.15, 0.2) is 0 Å². The maximum absolute atomic E-state index is 5.78. The third-order valence-electron chi connectivity index (χ3n) is 4.03. The van der Waals surface area contributed by atoms with E-state index in [0.29, 0.717) is 0 Å². The van der Waals surface area contributed by atoms with Gasteiger partial charge in [0.05, 0.1) is 0 Å². The van der Waals surface area contributed by atoms with E-state index in [1.807, 2.05) is 0 Å². The zero-order valence-corrected chi connectivity index (χ0v) is 13.1. The van der Waals surface area contributed by atoms with E-state index in [0.717, 1.165) is 18.3 Å². The highest BCUT2D eigenvalue weighted by atomic mass is 35.5. The molecule has 0 spiro atoms. The van der Waals surface area contributed by atoms with Crippen molar-refractivity contribution in [2.45, 2.75) is 32.1 Å². The third-order valence-corrected chi connectivity index (χ3v) is 4.20. The normalized spacial score (nSPS) is 17.1. The van der Waals surface area contributed by atoms with Gasteiger partial charge >= 0.3 is 0 Å². The molecule has 108 valence electrons. The minimum Gasteiger partial charge on any atom is -0.302 e. The summed E-state index contributed by atoms with van der Waals surface area (Å²) in [6.45, 7) is 3.57. The molecule has 0 saturated carbocycles. The molecule has 0 aromatic heterocycles. The highest BCUT2D eigenvalue weighted by Crippen LogP contribution is 2.22. The van der Waals surface area contributed by atoms with Crippen LogP contribution in [0.15, 0.2) is 30.3 Å². The second-order valence-corrected chi connectivity index (χ2v) is 5.73. The molecule has 1 aliphatic rings. The molecule has 2 rings (SSSR count). The van der Waals surface area contributed by atoms with Crippen LogP contribution in [-0.2, 0) is 6.42 Å². The number of nitrogens with zero attached hydrogens (tertiary/aromatic N) is 1. The molecule has 1 aliphatic heterocycles. The second kappa shape index (κ2) is 9.63. The van der Waals surface area contributed by atoms with Crippen molar-refractivity contribution in [3.05, 3.63) is 35.9 Å². The summed E-state index contributed by atoms with van der Waals surface area (Å²) in [5.41, 5.74) is 1.48. The predicted molar refractivity (Wildman–Crippen MR) is 86.5 cm³/mol. The molecule has 0 bridgehead atoms. The Morgan fingerprint density at radius 1 is 1.11 bits per heavy atom. The average molecular weight is 302 g/mol. The number of alkyl halides is 1. The number of benzene rings is 1. The summed E-state index contributed by atoms with van der Waals surface area (Å²) in [6, 6.07) is 10.8. The average Bonchev–Trinajstić information content (AvgIpc) is 2.42. The molecule has 0 amide bonds. The SMILES string of the molecule is Cl.ClCCN1CCC(CCCc2ccccc2)CC1. The van der Waals surface area contributed by atoms with E-state index >= 15 is 0 Å². The summed E-state index contributed by atoms with van der Waals surface area (Å²) in [7, 11) is 0. The maximum Gasteiger partial charge on any atom is 0.0351 e. The molecule has 0 aliphatic carbocycles. The Kier molecular flexibility index (Phi) is 8.52. The number of halogens is 2. The third kappa shape index (κ3) is 6.16. The summed E-state index contributed by atoms with van der Waals surface area (Å²) in [5.74, 6) is 1.72. The molecule has 1 aromatic rings. The van der Waals surface area contributed by atoms with Crippen LogP contribution in [0.4, 0.5) is 0 Å². The molecule has 1 saturated heterocycles. The Morgan fingerprint density at radius 3 is 2.42 bits per heavy atom. The fourth-order valence-corrected chi connectivity index (χ4v) is 3.10. The van der Waals surface area contributed by atoms with Crippen LogP contribution in [0, 0.1) is 5.92 Å². The van der Waals surface area contributed by atoms with E-state index in [1.165, 1.54) is 50.8 Å². The van der Waals surface area contributed by atoms with Crippen LogP contribution in [0.3, 0.4) is 0 Å². The topological polar surface area (TPSA) is 3.24 Å². The molecule has 19 heavy (non-hydrogen) atoms. The van der Waals surface area contributed by atoms with E-state index < -0.39 is 0 Å². The lowest BCUT2D eigenvalue weighted by Crippen LogP contribution is -2.34. The Bertz CT molecular complexity index is 321. The van der Waals surface area contributed by atoms with Crippen LogP contribution >= 0.6 is 24.0 Å². The van der Waals surface area contributed by atoms with Crippen LogP contribution in [0.1, 0.15) is 31.2 Å². The predicted octanol–water partition coefficient (Wildman–Crippen LogP) is 4.38. The van der Waals surface area contributed by atoms with Crippen molar-refractivity contribution in [2.24, 2.45) is 5.92 Å². The first kappa shape index (κ1) is 16.8. The van der Waals surface area contributed by atoms with E-state index in [9.17, 15) is 0 Å². The van der Waals surface area contributed by atoms with Crippen LogP contribution in [0.5, 0.6) is 0 Å². The quantitative estimate of drug-likeness (QED) is 0.705. The lowest BCUT2D eigenvalue weighted by Gasteiger charge is -2.31. The smallest absolute Gasteiger partial charge is 0.0351 e. The Morgan fingerprint density at radius 2 is 1.79 bits per heavy atom. The van der Waals surface area contributed by atoms with Crippen molar-refractivity contribution < 1.29 is 0 Å². The number of hydrogen-bond donors (Lipinski definition) is 0. The van der Waals surface area contributed by atoms with E-state index in [4.69, 9.17) is 11.6 Å². The molecule has 1 aromatic carbocycles. The summed E-state index contributed by atoms with van der Waals surface area (Å²) in [4.78, 5) is 2.50. The van der Waals surface area contributed by atoms with Gasteiger partial charge in [0.25, 0.3) is 0 Å². The van der Waals surface area contributed by atoms with Crippen molar-refractivity contribution in [2.75, 3.05) is 25.5 Å². The van der Waals surface area contributed by atoms with Crippen molar-refractivity contribution in [1.82, 2.24) is 4.90 Å². The summed E-state index contributed by atoms with van der Waals surface area (Å²) in [6.07, 6.45) is 6.70. The van der Waals surface area contributed by atoms with Gasteiger partial charge in [-0.1, -0.05) is 36.8 Å². The summed E-state index contributed by atoms with van der Waals surface area (Å²) in [5, 5.41) is 0. The van der Waals surface area contributed by atoms with Gasteiger partial charge in [-0.3, -0.25) is 0 Å². The van der Waals surface area contributed by atoms with Gasteiger partial charge in [-0.05, 0) is 50.3 Å². The fraction of sp³-hybridized carbons (Fsp3) is 0.625. The highest BCUT2D eigenvalue weighted by Gasteiger charge is 2.17. The number of aryl methyl sites for hydroxylation is 1. The van der Waals surface area contributed by atoms with E-state index in [-0.39, 0.29) is 12.4 Å². The van der Waals surface area contributed by atoms with Crippen LogP contribution in [0.2, 0.25) is 0 Å². The first-order chi connectivity index (χ1) is 8.88. The van der Waals surface area contributed by atoms with Gasteiger partial charge in [-0.2, -0.15) is 0 Å². The highest BCUT2D eigenvalue weighted by molar-refractivity contribution is 6.18.